The van der Waals surface area contributed by atoms with Crippen molar-refractivity contribution in [3.05, 3.63) is 52.5 Å². The van der Waals surface area contributed by atoms with Crippen LogP contribution in [0.4, 0.5) is 5.69 Å². The van der Waals surface area contributed by atoms with Crippen molar-refractivity contribution in [3.8, 4) is 11.5 Å². The van der Waals surface area contributed by atoms with Crippen molar-refractivity contribution in [3.63, 3.8) is 0 Å². The number of anilines is 1. The van der Waals surface area contributed by atoms with Crippen molar-refractivity contribution >= 4 is 29.1 Å². The van der Waals surface area contributed by atoms with E-state index in [0.717, 1.165) is 0 Å². The molecule has 0 radical (unpaired) electrons. The molecule has 0 aliphatic carbocycles. The fraction of sp³-hybridized carbons (Fsp3) is 0.300. The Kier molecular flexibility index (Phi) is 7.07. The largest absolute Gasteiger partial charge is 0.495 e. The molecule has 0 aliphatic rings. The maximum Gasteiger partial charge on any atom is 0.255 e. The van der Waals surface area contributed by atoms with Gasteiger partial charge < -0.3 is 20.1 Å². The molecule has 144 valence electrons. The third-order valence-electron chi connectivity index (χ3n) is 3.80. The summed E-state index contributed by atoms with van der Waals surface area (Å²) in [7, 11) is 2.97. The van der Waals surface area contributed by atoms with Crippen molar-refractivity contribution in [2.24, 2.45) is 5.92 Å². The summed E-state index contributed by atoms with van der Waals surface area (Å²) >= 11 is 6.07. The minimum atomic E-state index is -0.341. The average Bonchev–Trinajstić information content (AvgIpc) is 2.67. The summed E-state index contributed by atoms with van der Waals surface area (Å²) in [6.45, 7) is 4.64. The smallest absolute Gasteiger partial charge is 0.255 e. The number of amides is 2. The summed E-state index contributed by atoms with van der Waals surface area (Å²) in [6, 6.07) is 9.58. The maximum absolute atomic E-state index is 12.5. The minimum absolute atomic E-state index is 0.167. The van der Waals surface area contributed by atoms with Gasteiger partial charge in [-0.3, -0.25) is 9.59 Å². The molecule has 0 bridgehead atoms. The number of methoxy groups -OCH3 is 2. The van der Waals surface area contributed by atoms with E-state index >= 15 is 0 Å². The van der Waals surface area contributed by atoms with Crippen molar-refractivity contribution in [1.82, 2.24) is 5.32 Å². The van der Waals surface area contributed by atoms with Crippen molar-refractivity contribution in [2.75, 3.05) is 26.1 Å². The van der Waals surface area contributed by atoms with E-state index in [4.69, 9.17) is 21.1 Å². The van der Waals surface area contributed by atoms with Crippen LogP contribution < -0.4 is 20.1 Å². The van der Waals surface area contributed by atoms with E-state index in [1.807, 2.05) is 13.8 Å². The summed E-state index contributed by atoms with van der Waals surface area (Å²) < 4.78 is 10.4. The third-order valence-corrected chi connectivity index (χ3v) is 4.10. The SMILES string of the molecule is COc1cc(NC(=O)c2ccc(C(=O)NCC(C)C)cc2)c(OC)cc1Cl. The van der Waals surface area contributed by atoms with Crippen LogP contribution in [-0.2, 0) is 0 Å². The zero-order valence-corrected chi connectivity index (χ0v) is 16.5. The van der Waals surface area contributed by atoms with E-state index in [0.29, 0.717) is 45.8 Å². The standard InChI is InChI=1S/C20H23ClN2O4/c1-12(2)11-22-19(24)13-5-7-14(8-6-13)20(25)23-16-10-17(26-3)15(21)9-18(16)27-4/h5-10,12H,11H2,1-4H3,(H,22,24)(H,23,25). The first-order chi connectivity index (χ1) is 12.8. The number of benzene rings is 2. The Balaban J connectivity index is 2.13. The Morgan fingerprint density at radius 3 is 2.04 bits per heavy atom. The Morgan fingerprint density at radius 2 is 1.52 bits per heavy atom. The quantitative estimate of drug-likeness (QED) is 0.749. The molecule has 2 amide bonds. The Bertz CT molecular complexity index is 819. The van der Waals surface area contributed by atoms with Gasteiger partial charge in [0.25, 0.3) is 11.8 Å². The molecule has 2 aromatic rings. The second kappa shape index (κ2) is 9.28. The average molecular weight is 391 g/mol. The fourth-order valence-electron chi connectivity index (χ4n) is 2.32. The van der Waals surface area contributed by atoms with Crippen LogP contribution in [0.25, 0.3) is 0 Å². The number of rotatable bonds is 7. The zero-order valence-electron chi connectivity index (χ0n) is 15.8. The summed E-state index contributed by atoms with van der Waals surface area (Å²) in [5.74, 6) is 0.695. The van der Waals surface area contributed by atoms with Crippen LogP contribution in [-0.4, -0.2) is 32.6 Å². The van der Waals surface area contributed by atoms with Gasteiger partial charge in [0.2, 0.25) is 0 Å². The molecular weight excluding hydrogens is 368 g/mol. The highest BCUT2D eigenvalue weighted by Gasteiger charge is 2.14. The van der Waals surface area contributed by atoms with Crippen LogP contribution in [0, 0.1) is 5.92 Å². The van der Waals surface area contributed by atoms with E-state index < -0.39 is 0 Å². The molecule has 0 aliphatic heterocycles. The van der Waals surface area contributed by atoms with Gasteiger partial charge in [0.1, 0.15) is 11.5 Å². The molecule has 0 heterocycles. The van der Waals surface area contributed by atoms with Crippen molar-refractivity contribution in [2.45, 2.75) is 13.8 Å². The summed E-state index contributed by atoms with van der Waals surface area (Å²) in [4.78, 5) is 24.6. The lowest BCUT2D eigenvalue weighted by Crippen LogP contribution is -2.27. The molecule has 7 heteroatoms. The molecule has 0 atom stereocenters. The van der Waals surface area contributed by atoms with Gasteiger partial charge in [-0.1, -0.05) is 25.4 Å². The topological polar surface area (TPSA) is 76.7 Å². The third kappa shape index (κ3) is 5.37. The number of hydrogen-bond donors (Lipinski definition) is 2. The molecule has 0 aromatic heterocycles. The van der Waals surface area contributed by atoms with Crippen molar-refractivity contribution < 1.29 is 19.1 Å². The lowest BCUT2D eigenvalue weighted by molar-refractivity contribution is 0.0947. The number of ether oxygens (including phenoxy) is 2. The van der Waals surface area contributed by atoms with Gasteiger partial charge in [-0.15, -0.1) is 0 Å². The number of halogens is 1. The van der Waals surface area contributed by atoms with Crippen LogP contribution in [0.1, 0.15) is 34.6 Å². The maximum atomic E-state index is 12.5. The molecule has 2 rings (SSSR count). The molecular formula is C20H23ClN2O4. The van der Waals surface area contributed by atoms with Gasteiger partial charge in [0.05, 0.1) is 24.9 Å². The minimum Gasteiger partial charge on any atom is -0.495 e. The van der Waals surface area contributed by atoms with E-state index in [2.05, 4.69) is 10.6 Å². The zero-order chi connectivity index (χ0) is 20.0. The highest BCUT2D eigenvalue weighted by Crippen LogP contribution is 2.36. The van der Waals surface area contributed by atoms with Crippen LogP contribution in [0.5, 0.6) is 11.5 Å². The lowest BCUT2D eigenvalue weighted by Gasteiger charge is -2.13. The van der Waals surface area contributed by atoms with Gasteiger partial charge in [0, 0.05) is 29.8 Å². The predicted octanol–water partition coefficient (Wildman–Crippen LogP) is 4.00. The molecule has 6 nitrogen and oxygen atoms in total. The van der Waals surface area contributed by atoms with E-state index in [-0.39, 0.29) is 11.8 Å². The van der Waals surface area contributed by atoms with Gasteiger partial charge >= 0.3 is 0 Å². The molecule has 0 spiro atoms. The summed E-state index contributed by atoms with van der Waals surface area (Å²) in [5, 5.41) is 5.98. The van der Waals surface area contributed by atoms with Crippen LogP contribution in [0.2, 0.25) is 5.02 Å². The Morgan fingerprint density at radius 1 is 0.963 bits per heavy atom. The molecule has 0 unspecified atom stereocenters. The molecule has 0 fully saturated rings. The number of carbonyl (C=O) groups excluding carboxylic acids is 2. The van der Waals surface area contributed by atoms with E-state index in [1.165, 1.54) is 14.2 Å². The molecule has 27 heavy (non-hydrogen) atoms. The van der Waals surface area contributed by atoms with E-state index in [9.17, 15) is 9.59 Å². The first-order valence-electron chi connectivity index (χ1n) is 8.46. The van der Waals surface area contributed by atoms with Gasteiger partial charge in [-0.25, -0.2) is 0 Å². The molecule has 2 N–H and O–H groups in total. The molecule has 0 saturated carbocycles. The first kappa shape index (κ1) is 20.6. The summed E-state index contributed by atoms with van der Waals surface area (Å²) in [5.41, 5.74) is 1.34. The number of carbonyl (C=O) groups is 2. The van der Waals surface area contributed by atoms with Gasteiger partial charge in [-0.05, 0) is 30.2 Å². The second-order valence-corrected chi connectivity index (χ2v) is 6.73. The Hall–Kier alpha value is -2.73. The first-order valence-corrected chi connectivity index (χ1v) is 8.84. The predicted molar refractivity (Wildman–Crippen MR) is 106 cm³/mol. The number of hydrogen-bond acceptors (Lipinski definition) is 4. The lowest BCUT2D eigenvalue weighted by atomic mass is 10.1. The summed E-state index contributed by atoms with van der Waals surface area (Å²) in [6.07, 6.45) is 0. The van der Waals surface area contributed by atoms with E-state index in [1.54, 1.807) is 36.4 Å². The second-order valence-electron chi connectivity index (χ2n) is 6.32. The van der Waals surface area contributed by atoms with Crippen LogP contribution in [0.15, 0.2) is 36.4 Å². The van der Waals surface area contributed by atoms with Crippen LogP contribution >= 0.6 is 11.6 Å². The highest BCUT2D eigenvalue weighted by molar-refractivity contribution is 6.32. The van der Waals surface area contributed by atoms with Gasteiger partial charge in [-0.2, -0.15) is 0 Å². The normalized spacial score (nSPS) is 10.4. The molecule has 0 saturated heterocycles. The monoisotopic (exact) mass is 390 g/mol. The number of nitrogens with one attached hydrogen (secondary N) is 2. The Labute approximate surface area is 163 Å². The highest BCUT2D eigenvalue weighted by atomic mass is 35.5. The fourth-order valence-corrected chi connectivity index (χ4v) is 2.56. The van der Waals surface area contributed by atoms with Gasteiger partial charge in [0.15, 0.2) is 0 Å². The van der Waals surface area contributed by atoms with Crippen molar-refractivity contribution in [1.29, 1.82) is 0 Å². The molecule has 2 aromatic carbocycles. The van der Waals surface area contributed by atoms with Crippen LogP contribution in [0.3, 0.4) is 0 Å².